The van der Waals surface area contributed by atoms with Crippen molar-refractivity contribution in [2.75, 3.05) is 7.05 Å². The molecule has 1 rings (SSSR count). The lowest BCUT2D eigenvalue weighted by molar-refractivity contribution is 1.40. The molecule has 0 aromatic rings. The molecule has 0 aromatic heterocycles. The van der Waals surface area contributed by atoms with Crippen molar-refractivity contribution >= 4 is 5.71 Å². The molecule has 1 aliphatic rings. The smallest absolute Gasteiger partial charge is 0.0639 e. The van der Waals surface area contributed by atoms with Gasteiger partial charge in [-0.05, 0) is 25.0 Å². The van der Waals surface area contributed by atoms with Crippen molar-refractivity contribution in [3.8, 4) is 0 Å². The maximum atomic E-state index is 4.22. The summed E-state index contributed by atoms with van der Waals surface area (Å²) >= 11 is 0. The van der Waals surface area contributed by atoms with Crippen LogP contribution in [0.5, 0.6) is 0 Å². The number of allylic oxidation sites excluding steroid dienone is 8. The maximum absolute atomic E-state index is 4.22. The van der Waals surface area contributed by atoms with Crippen LogP contribution in [0.1, 0.15) is 13.3 Å². The van der Waals surface area contributed by atoms with Gasteiger partial charge in [0, 0.05) is 7.05 Å². The lowest BCUT2D eigenvalue weighted by Crippen LogP contribution is -1.95. The maximum Gasteiger partial charge on any atom is 0.0639 e. The Hall–Kier alpha value is -1.37. The van der Waals surface area contributed by atoms with Gasteiger partial charge in [0.1, 0.15) is 0 Å². The summed E-state index contributed by atoms with van der Waals surface area (Å²) in [6, 6.07) is 0. The second-order valence-electron chi connectivity index (χ2n) is 2.80. The molecule has 0 aliphatic heterocycles. The molecular formula is C12H15N. The summed E-state index contributed by atoms with van der Waals surface area (Å²) < 4.78 is 0. The quantitative estimate of drug-likeness (QED) is 0.569. The number of hydrogen-bond donors (Lipinski definition) is 0. The van der Waals surface area contributed by atoms with E-state index in [-0.39, 0.29) is 0 Å². The van der Waals surface area contributed by atoms with Crippen molar-refractivity contribution in [3.05, 3.63) is 48.1 Å². The average Bonchev–Trinajstić information content (AvgIpc) is 2.42. The Labute approximate surface area is 79.9 Å². The zero-order valence-electron chi connectivity index (χ0n) is 8.20. The third kappa shape index (κ3) is 2.86. The van der Waals surface area contributed by atoms with Gasteiger partial charge in [0.2, 0.25) is 0 Å². The van der Waals surface area contributed by atoms with Gasteiger partial charge in [-0.2, -0.15) is 0 Å². The van der Waals surface area contributed by atoms with Crippen molar-refractivity contribution in [3.63, 3.8) is 0 Å². The lowest BCUT2D eigenvalue weighted by Gasteiger charge is -1.99. The molecule has 68 valence electrons. The Kier molecular flexibility index (Phi) is 3.97. The van der Waals surface area contributed by atoms with Crippen LogP contribution in [0.3, 0.4) is 0 Å². The van der Waals surface area contributed by atoms with Gasteiger partial charge in [0.05, 0.1) is 5.71 Å². The average molecular weight is 173 g/mol. The third-order valence-corrected chi connectivity index (χ3v) is 1.84. The molecule has 1 nitrogen and oxygen atoms in total. The fourth-order valence-corrected chi connectivity index (χ4v) is 1.21. The van der Waals surface area contributed by atoms with Crippen LogP contribution in [0.2, 0.25) is 0 Å². The van der Waals surface area contributed by atoms with Crippen LogP contribution in [0.25, 0.3) is 0 Å². The van der Waals surface area contributed by atoms with Crippen LogP contribution in [-0.2, 0) is 0 Å². The fraction of sp³-hybridized carbons (Fsp3) is 0.250. The van der Waals surface area contributed by atoms with Crippen molar-refractivity contribution in [2.45, 2.75) is 13.3 Å². The predicted molar refractivity (Wildman–Crippen MR) is 59.2 cm³/mol. The Morgan fingerprint density at radius 1 is 1.46 bits per heavy atom. The van der Waals surface area contributed by atoms with Gasteiger partial charge in [-0.15, -0.1) is 0 Å². The molecular weight excluding hydrogens is 158 g/mol. The molecule has 0 heterocycles. The monoisotopic (exact) mass is 173 g/mol. The zero-order valence-corrected chi connectivity index (χ0v) is 8.20. The minimum absolute atomic E-state index is 1.01. The highest BCUT2D eigenvalue weighted by Gasteiger charge is 1.98. The summed E-state index contributed by atoms with van der Waals surface area (Å²) in [5.41, 5.74) is 2.21. The van der Waals surface area contributed by atoms with E-state index in [9.17, 15) is 0 Å². The van der Waals surface area contributed by atoms with Gasteiger partial charge in [-0.1, -0.05) is 36.5 Å². The van der Waals surface area contributed by atoms with Crippen LogP contribution in [0, 0.1) is 0 Å². The summed E-state index contributed by atoms with van der Waals surface area (Å²) in [6.07, 6.45) is 15.6. The molecule has 0 fully saturated rings. The van der Waals surface area contributed by atoms with Gasteiger partial charge < -0.3 is 0 Å². The Balaban J connectivity index is 2.91. The van der Waals surface area contributed by atoms with E-state index in [0.717, 1.165) is 12.1 Å². The van der Waals surface area contributed by atoms with Gasteiger partial charge >= 0.3 is 0 Å². The SMILES string of the molecule is C/C=C\C(=NC)C1=CC=CCC=C1. The summed E-state index contributed by atoms with van der Waals surface area (Å²) in [5, 5.41) is 0. The first-order valence-corrected chi connectivity index (χ1v) is 4.51. The summed E-state index contributed by atoms with van der Waals surface area (Å²) in [4.78, 5) is 4.22. The lowest BCUT2D eigenvalue weighted by atomic mass is 10.1. The van der Waals surface area contributed by atoms with E-state index in [0.29, 0.717) is 0 Å². The molecule has 0 saturated heterocycles. The van der Waals surface area contributed by atoms with Crippen LogP contribution in [0.15, 0.2) is 53.1 Å². The Morgan fingerprint density at radius 2 is 2.31 bits per heavy atom. The molecule has 1 aliphatic carbocycles. The molecule has 0 aromatic carbocycles. The highest BCUT2D eigenvalue weighted by molar-refractivity contribution is 6.10. The molecule has 0 spiro atoms. The zero-order chi connectivity index (χ0) is 9.52. The molecule has 0 radical (unpaired) electrons. The predicted octanol–water partition coefficient (Wildman–Crippen LogP) is 3.08. The minimum Gasteiger partial charge on any atom is -0.288 e. The van der Waals surface area contributed by atoms with E-state index in [1.165, 1.54) is 5.57 Å². The first kappa shape index (κ1) is 9.72. The molecule has 0 amide bonds. The van der Waals surface area contributed by atoms with E-state index in [1.54, 1.807) is 0 Å². The van der Waals surface area contributed by atoms with Gasteiger partial charge in [0.15, 0.2) is 0 Å². The summed E-state index contributed by atoms with van der Waals surface area (Å²) in [7, 11) is 1.82. The second kappa shape index (κ2) is 5.31. The largest absolute Gasteiger partial charge is 0.288 e. The number of nitrogens with zero attached hydrogens (tertiary/aromatic N) is 1. The molecule has 0 atom stereocenters. The molecule has 13 heavy (non-hydrogen) atoms. The molecule has 0 bridgehead atoms. The minimum atomic E-state index is 1.01. The summed E-state index contributed by atoms with van der Waals surface area (Å²) in [6.45, 7) is 2.00. The number of rotatable bonds is 2. The standard InChI is InChI=1S/C12H15N/c1-3-8-12(13-2)11-9-6-4-5-7-10-11/h3-4,6-10H,5H2,1-2H3/b8-3-,13-12?. The van der Waals surface area contributed by atoms with E-state index >= 15 is 0 Å². The number of aliphatic imine (C=N–C) groups is 1. The highest BCUT2D eigenvalue weighted by atomic mass is 14.7. The Morgan fingerprint density at radius 3 is 3.00 bits per heavy atom. The van der Waals surface area contributed by atoms with Crippen LogP contribution < -0.4 is 0 Å². The van der Waals surface area contributed by atoms with E-state index in [1.807, 2.05) is 26.1 Å². The van der Waals surface area contributed by atoms with Crippen LogP contribution in [-0.4, -0.2) is 12.8 Å². The van der Waals surface area contributed by atoms with Crippen molar-refractivity contribution in [1.82, 2.24) is 0 Å². The van der Waals surface area contributed by atoms with Crippen molar-refractivity contribution in [2.24, 2.45) is 4.99 Å². The second-order valence-corrected chi connectivity index (χ2v) is 2.80. The third-order valence-electron chi connectivity index (χ3n) is 1.84. The Bertz CT molecular complexity index is 301. The van der Waals surface area contributed by atoms with E-state index in [4.69, 9.17) is 0 Å². The topological polar surface area (TPSA) is 12.4 Å². The van der Waals surface area contributed by atoms with Crippen LogP contribution >= 0.6 is 0 Å². The van der Waals surface area contributed by atoms with E-state index < -0.39 is 0 Å². The van der Waals surface area contributed by atoms with Crippen LogP contribution in [0.4, 0.5) is 0 Å². The molecule has 0 N–H and O–H groups in total. The first-order chi connectivity index (χ1) is 6.38. The van der Waals surface area contributed by atoms with Gasteiger partial charge in [-0.25, -0.2) is 0 Å². The van der Waals surface area contributed by atoms with Crippen molar-refractivity contribution in [1.29, 1.82) is 0 Å². The number of hydrogen-bond acceptors (Lipinski definition) is 1. The molecule has 1 heteroatoms. The van der Waals surface area contributed by atoms with Gasteiger partial charge in [-0.3, -0.25) is 4.99 Å². The first-order valence-electron chi connectivity index (χ1n) is 4.51. The highest BCUT2D eigenvalue weighted by Crippen LogP contribution is 2.07. The normalized spacial score (nSPS) is 17.7. The molecule has 0 saturated carbocycles. The summed E-state index contributed by atoms with van der Waals surface area (Å²) in [5.74, 6) is 0. The van der Waals surface area contributed by atoms with Crippen molar-refractivity contribution < 1.29 is 0 Å². The van der Waals surface area contributed by atoms with E-state index in [2.05, 4.69) is 35.4 Å². The fourth-order valence-electron chi connectivity index (χ4n) is 1.21. The molecule has 0 unspecified atom stereocenters. The van der Waals surface area contributed by atoms with Gasteiger partial charge in [0.25, 0.3) is 0 Å².